The van der Waals surface area contributed by atoms with Crippen molar-refractivity contribution in [2.75, 3.05) is 0 Å². The molecule has 0 aliphatic heterocycles. The highest BCUT2D eigenvalue weighted by molar-refractivity contribution is 6.25. The summed E-state index contributed by atoms with van der Waals surface area (Å²) in [6, 6.07) is 103. The largest absolute Gasteiger partial charge is 0.0622 e. The zero-order valence-electron chi connectivity index (χ0n) is 39.6. The van der Waals surface area contributed by atoms with Gasteiger partial charge >= 0.3 is 0 Å². The van der Waals surface area contributed by atoms with Crippen LogP contribution in [0.2, 0.25) is 0 Å². The summed E-state index contributed by atoms with van der Waals surface area (Å²) >= 11 is 0. The van der Waals surface area contributed by atoms with Gasteiger partial charge in [0.1, 0.15) is 0 Å². The molecule has 14 aromatic rings. The molecule has 0 saturated carbocycles. The molecule has 0 heteroatoms. The highest BCUT2D eigenvalue weighted by Crippen LogP contribution is 2.49. The van der Waals surface area contributed by atoms with E-state index in [4.69, 9.17) is 0 Å². The van der Waals surface area contributed by atoms with Gasteiger partial charge in [-0.15, -0.1) is 0 Å². The second kappa shape index (κ2) is 17.2. The Morgan fingerprint density at radius 2 is 0.333 bits per heavy atom. The third-order valence-corrected chi connectivity index (χ3v) is 15.0. The van der Waals surface area contributed by atoms with Gasteiger partial charge in [-0.05, 0) is 155 Å². The van der Waals surface area contributed by atoms with E-state index in [9.17, 15) is 0 Å². The molecule has 0 N–H and O–H groups in total. The van der Waals surface area contributed by atoms with Crippen molar-refractivity contribution in [3.63, 3.8) is 0 Å². The van der Waals surface area contributed by atoms with Crippen molar-refractivity contribution < 1.29 is 0 Å². The molecule has 0 aromatic heterocycles. The first-order valence-corrected chi connectivity index (χ1v) is 25.0. The molecule has 72 heavy (non-hydrogen) atoms. The van der Waals surface area contributed by atoms with E-state index in [1.165, 1.54) is 143 Å². The molecule has 0 fully saturated rings. The maximum Gasteiger partial charge on any atom is -0.00262 e. The number of rotatable bonds is 7. The Morgan fingerprint density at radius 1 is 0.111 bits per heavy atom. The summed E-state index contributed by atoms with van der Waals surface area (Å²) in [5, 5.41) is 15.0. The zero-order valence-corrected chi connectivity index (χ0v) is 39.6. The van der Waals surface area contributed by atoms with Crippen molar-refractivity contribution in [2.45, 2.75) is 0 Å². The lowest BCUT2D eigenvalue weighted by Crippen LogP contribution is -1.93. The molecule has 0 bridgehead atoms. The Balaban J connectivity index is 0.942. The number of fused-ring (bicyclic) bond motifs is 6. The average molecular weight is 911 g/mol. The highest BCUT2D eigenvalue weighted by atomic mass is 14.2. The maximum absolute atomic E-state index is 2.43. The fourth-order valence-electron chi connectivity index (χ4n) is 12.0. The van der Waals surface area contributed by atoms with Crippen LogP contribution in [0.5, 0.6) is 0 Å². The Labute approximate surface area is 419 Å². The maximum atomic E-state index is 2.43. The number of hydrogen-bond acceptors (Lipinski definition) is 0. The molecule has 0 nitrogen and oxygen atoms in total. The lowest BCUT2D eigenvalue weighted by molar-refractivity contribution is 1.62. The van der Waals surface area contributed by atoms with Gasteiger partial charge in [0.25, 0.3) is 0 Å². The molecule has 0 aliphatic rings. The fraction of sp³-hybridized carbons (Fsp3) is 0. The van der Waals surface area contributed by atoms with Crippen LogP contribution in [-0.4, -0.2) is 0 Å². The Morgan fingerprint density at radius 3 is 0.667 bits per heavy atom. The monoisotopic (exact) mass is 910 g/mol. The van der Waals surface area contributed by atoms with Crippen LogP contribution in [0, 0.1) is 0 Å². The van der Waals surface area contributed by atoms with E-state index < -0.39 is 0 Å². The second-order valence-corrected chi connectivity index (χ2v) is 19.0. The molecule has 0 radical (unpaired) electrons. The van der Waals surface area contributed by atoms with Gasteiger partial charge < -0.3 is 0 Å². The number of benzene rings is 14. The van der Waals surface area contributed by atoms with E-state index in [2.05, 4.69) is 279 Å². The molecular weight excluding hydrogens is 865 g/mol. The molecule has 334 valence electrons. The summed E-state index contributed by atoms with van der Waals surface area (Å²) in [5.41, 5.74) is 17.3. The predicted octanol–water partition coefficient (Wildman–Crippen LogP) is 20.3. The van der Waals surface area contributed by atoms with Crippen LogP contribution in [0.25, 0.3) is 143 Å². The SMILES string of the molecule is c1ccc(-c2ccc3c(-c4ccc(-c5c6ccccc6c(-c6cccc(-c7c8ccccc8c(-c8ccccc8)c8ccccc78)c6)c6ccccc56)cc4)c4ccccc4c(-c4ccccc4)c3c2)cc1. The summed E-state index contributed by atoms with van der Waals surface area (Å²) in [6.45, 7) is 0. The van der Waals surface area contributed by atoms with Crippen LogP contribution in [0.3, 0.4) is 0 Å². The summed E-state index contributed by atoms with van der Waals surface area (Å²) in [7, 11) is 0. The van der Waals surface area contributed by atoms with E-state index in [0.29, 0.717) is 0 Å². The topological polar surface area (TPSA) is 0 Å². The number of hydrogen-bond donors (Lipinski definition) is 0. The minimum atomic E-state index is 1.20. The van der Waals surface area contributed by atoms with Crippen molar-refractivity contribution in [1.82, 2.24) is 0 Å². The zero-order chi connectivity index (χ0) is 47.5. The van der Waals surface area contributed by atoms with Crippen LogP contribution in [0.4, 0.5) is 0 Å². The van der Waals surface area contributed by atoms with Gasteiger partial charge in [0.15, 0.2) is 0 Å². The lowest BCUT2D eigenvalue weighted by atomic mass is 9.83. The van der Waals surface area contributed by atoms with Gasteiger partial charge in [0, 0.05) is 0 Å². The fourth-order valence-corrected chi connectivity index (χ4v) is 12.0. The van der Waals surface area contributed by atoms with E-state index in [-0.39, 0.29) is 0 Å². The standard InChI is InChI=1S/C72H46/c1-4-21-47(22-5-1)52-43-44-65-66(46-52)70(49-25-8-3-9-26-49)60-34-15-10-29-55(60)69(65)51-41-39-50(40-42-51)68-58-32-13-18-37-63(58)72(64-38-19-14-33-59(64)68)54-28-20-27-53(45-54)71-61-35-16-11-30-56(61)67(48-23-6-2-7-24-48)57-31-12-17-36-62(57)71/h1-46H. The van der Waals surface area contributed by atoms with Gasteiger partial charge in [-0.3, -0.25) is 0 Å². The third kappa shape index (κ3) is 6.76. The molecule has 0 spiro atoms. The summed E-state index contributed by atoms with van der Waals surface area (Å²) in [6.07, 6.45) is 0. The van der Waals surface area contributed by atoms with Crippen molar-refractivity contribution in [1.29, 1.82) is 0 Å². The van der Waals surface area contributed by atoms with Crippen LogP contribution >= 0.6 is 0 Å². The Hall–Kier alpha value is -9.36. The quantitative estimate of drug-likeness (QED) is 0.140. The molecule has 0 unspecified atom stereocenters. The Kier molecular flexibility index (Phi) is 9.96. The third-order valence-electron chi connectivity index (χ3n) is 15.0. The molecular formula is C72H46. The first-order chi connectivity index (χ1) is 35.8. The summed E-state index contributed by atoms with van der Waals surface area (Å²) in [4.78, 5) is 0. The molecule has 14 rings (SSSR count). The van der Waals surface area contributed by atoms with E-state index in [1.54, 1.807) is 0 Å². The molecule has 0 aliphatic carbocycles. The molecule has 0 saturated heterocycles. The van der Waals surface area contributed by atoms with Crippen LogP contribution in [0.1, 0.15) is 0 Å². The van der Waals surface area contributed by atoms with Crippen LogP contribution in [0.15, 0.2) is 279 Å². The minimum absolute atomic E-state index is 1.20. The van der Waals surface area contributed by atoms with Crippen LogP contribution < -0.4 is 0 Å². The van der Waals surface area contributed by atoms with Crippen LogP contribution in [-0.2, 0) is 0 Å². The molecule has 0 heterocycles. The highest BCUT2D eigenvalue weighted by Gasteiger charge is 2.22. The molecule has 0 amide bonds. The average Bonchev–Trinajstić information content (AvgIpc) is 3.45. The Bertz CT molecular complexity index is 4280. The first-order valence-electron chi connectivity index (χ1n) is 25.0. The predicted molar refractivity (Wildman–Crippen MR) is 310 cm³/mol. The summed E-state index contributed by atoms with van der Waals surface area (Å²) in [5.74, 6) is 0. The van der Waals surface area contributed by atoms with Crippen molar-refractivity contribution >= 4 is 64.6 Å². The van der Waals surface area contributed by atoms with Crippen molar-refractivity contribution in [3.05, 3.63) is 279 Å². The molecule has 0 atom stereocenters. The van der Waals surface area contributed by atoms with E-state index in [1.807, 2.05) is 0 Å². The van der Waals surface area contributed by atoms with E-state index >= 15 is 0 Å². The first kappa shape index (κ1) is 41.6. The second-order valence-electron chi connectivity index (χ2n) is 19.0. The smallest absolute Gasteiger partial charge is 0.00262 e. The molecule has 14 aromatic carbocycles. The minimum Gasteiger partial charge on any atom is -0.0622 e. The van der Waals surface area contributed by atoms with Crippen molar-refractivity contribution in [2.24, 2.45) is 0 Å². The van der Waals surface area contributed by atoms with Gasteiger partial charge in [-0.1, -0.05) is 267 Å². The van der Waals surface area contributed by atoms with Crippen molar-refractivity contribution in [3.8, 4) is 77.9 Å². The van der Waals surface area contributed by atoms with Gasteiger partial charge in [0.2, 0.25) is 0 Å². The van der Waals surface area contributed by atoms with Gasteiger partial charge in [-0.25, -0.2) is 0 Å². The lowest BCUT2D eigenvalue weighted by Gasteiger charge is -2.20. The van der Waals surface area contributed by atoms with E-state index in [0.717, 1.165) is 0 Å². The van der Waals surface area contributed by atoms with Gasteiger partial charge in [-0.2, -0.15) is 0 Å². The summed E-state index contributed by atoms with van der Waals surface area (Å²) < 4.78 is 0. The normalized spacial score (nSPS) is 11.6. The van der Waals surface area contributed by atoms with Gasteiger partial charge in [0.05, 0.1) is 0 Å².